The van der Waals surface area contributed by atoms with Crippen LogP contribution in [0.3, 0.4) is 0 Å². The molecule has 0 N–H and O–H groups in total. The minimum atomic E-state index is -0.732. The number of rotatable bonds is 3. The quantitative estimate of drug-likeness (QED) is 0.731. The number of esters is 1. The molecule has 1 aliphatic rings. The molecule has 0 radical (unpaired) electrons. The van der Waals surface area contributed by atoms with Gasteiger partial charge in [0.1, 0.15) is 0 Å². The fourth-order valence-electron chi connectivity index (χ4n) is 1.92. The predicted octanol–water partition coefficient (Wildman–Crippen LogP) is 0.104. The second-order valence-corrected chi connectivity index (χ2v) is 4.22. The third kappa shape index (κ3) is 3.05. The molecule has 1 aliphatic heterocycles. The van der Waals surface area contributed by atoms with Crippen molar-refractivity contribution in [1.29, 1.82) is 0 Å². The molecule has 1 atom stereocenters. The molecule has 0 saturated carbocycles. The zero-order valence-corrected chi connectivity index (χ0v) is 11.4. The molecule has 2 rings (SSSR count). The summed E-state index contributed by atoms with van der Waals surface area (Å²) in [5.74, 6) is -0.233. The molecule has 0 aromatic carbocycles. The van der Waals surface area contributed by atoms with Gasteiger partial charge in [0.15, 0.2) is 6.10 Å². The van der Waals surface area contributed by atoms with E-state index in [1.807, 2.05) is 0 Å². The average molecular weight is 280 g/mol. The molecule has 0 bridgehead atoms. The van der Waals surface area contributed by atoms with Gasteiger partial charge in [-0.25, -0.2) is 9.78 Å². The number of hydrogen-bond donors (Lipinski definition) is 0. The summed E-state index contributed by atoms with van der Waals surface area (Å²) < 4.78 is 14.8. The van der Waals surface area contributed by atoms with Crippen LogP contribution < -0.4 is 4.74 Å². The Morgan fingerprint density at radius 2 is 2.20 bits per heavy atom. The van der Waals surface area contributed by atoms with Crippen molar-refractivity contribution in [2.75, 3.05) is 33.9 Å². The number of nitrogens with zero attached hydrogens (tertiary/aromatic N) is 2. The lowest BCUT2D eigenvalue weighted by atomic mass is 10.2. The van der Waals surface area contributed by atoms with E-state index in [9.17, 15) is 9.59 Å². The normalized spacial score (nSPS) is 18.5. The Morgan fingerprint density at radius 1 is 1.40 bits per heavy atom. The molecule has 7 heteroatoms. The first-order chi connectivity index (χ1) is 9.65. The van der Waals surface area contributed by atoms with E-state index < -0.39 is 12.1 Å². The maximum absolute atomic E-state index is 12.3. The van der Waals surface area contributed by atoms with Crippen molar-refractivity contribution in [2.24, 2.45) is 0 Å². The Kier molecular flexibility index (Phi) is 4.52. The number of hydrogen-bond acceptors (Lipinski definition) is 6. The number of ether oxygens (including phenoxy) is 3. The second kappa shape index (κ2) is 6.33. The summed E-state index contributed by atoms with van der Waals surface area (Å²) in [7, 11) is 2.80. The average Bonchev–Trinajstić information content (AvgIpc) is 2.53. The minimum Gasteiger partial charge on any atom is -0.481 e. The monoisotopic (exact) mass is 280 g/mol. The smallest absolute Gasteiger partial charge is 0.336 e. The van der Waals surface area contributed by atoms with Crippen molar-refractivity contribution in [3.05, 3.63) is 23.9 Å². The van der Waals surface area contributed by atoms with Crippen molar-refractivity contribution >= 4 is 11.9 Å². The Labute approximate surface area is 116 Å². The predicted molar refractivity (Wildman–Crippen MR) is 68.4 cm³/mol. The van der Waals surface area contributed by atoms with Gasteiger partial charge >= 0.3 is 5.97 Å². The molecule has 1 saturated heterocycles. The fraction of sp³-hybridized carbons (Fsp3) is 0.462. The van der Waals surface area contributed by atoms with E-state index in [0.717, 1.165) is 0 Å². The van der Waals surface area contributed by atoms with E-state index in [2.05, 4.69) is 9.72 Å². The van der Waals surface area contributed by atoms with Crippen LogP contribution in [0.2, 0.25) is 0 Å². The number of carbonyl (C=O) groups excluding carboxylic acids is 2. The van der Waals surface area contributed by atoms with E-state index in [-0.39, 0.29) is 12.5 Å². The van der Waals surface area contributed by atoms with Gasteiger partial charge in [-0.1, -0.05) is 0 Å². The molecule has 1 amide bonds. The van der Waals surface area contributed by atoms with Crippen LogP contribution in [-0.4, -0.2) is 61.8 Å². The van der Waals surface area contributed by atoms with E-state index in [1.165, 1.54) is 20.4 Å². The highest BCUT2D eigenvalue weighted by Crippen LogP contribution is 2.13. The molecule has 1 aromatic rings. The zero-order valence-electron chi connectivity index (χ0n) is 11.4. The maximum atomic E-state index is 12.3. The maximum Gasteiger partial charge on any atom is 0.336 e. The molecular weight excluding hydrogens is 264 g/mol. The highest BCUT2D eigenvalue weighted by Gasteiger charge is 2.30. The molecule has 0 spiro atoms. The van der Waals surface area contributed by atoms with Crippen LogP contribution in [0.1, 0.15) is 10.4 Å². The van der Waals surface area contributed by atoms with Gasteiger partial charge in [0.2, 0.25) is 5.88 Å². The lowest BCUT2D eigenvalue weighted by Gasteiger charge is -2.31. The van der Waals surface area contributed by atoms with Crippen LogP contribution in [0.4, 0.5) is 0 Å². The molecule has 2 heterocycles. The first-order valence-electron chi connectivity index (χ1n) is 6.14. The Bertz CT molecular complexity index is 488. The molecule has 0 aliphatic carbocycles. The van der Waals surface area contributed by atoms with Crippen molar-refractivity contribution in [3.63, 3.8) is 0 Å². The first kappa shape index (κ1) is 14.3. The summed E-state index contributed by atoms with van der Waals surface area (Å²) in [4.78, 5) is 29.3. The van der Waals surface area contributed by atoms with E-state index in [1.54, 1.807) is 17.0 Å². The largest absolute Gasteiger partial charge is 0.481 e. The first-order valence-corrected chi connectivity index (χ1v) is 6.14. The van der Waals surface area contributed by atoms with E-state index >= 15 is 0 Å². The van der Waals surface area contributed by atoms with Crippen LogP contribution in [0, 0.1) is 0 Å². The summed E-state index contributed by atoms with van der Waals surface area (Å²) in [6.45, 7) is 0.908. The fourth-order valence-corrected chi connectivity index (χ4v) is 1.92. The number of morpholine rings is 1. The standard InChI is InChI=1S/C13H16N2O5/c1-18-11-4-3-9(7-14-11)12(16)15-5-6-20-10(8-15)13(17)19-2/h3-4,7,10H,5-6,8H2,1-2H3. The number of amides is 1. The molecule has 108 valence electrons. The summed E-state index contributed by atoms with van der Waals surface area (Å²) in [6, 6.07) is 3.25. The highest BCUT2D eigenvalue weighted by atomic mass is 16.6. The van der Waals surface area contributed by atoms with Crippen LogP contribution in [-0.2, 0) is 14.3 Å². The van der Waals surface area contributed by atoms with Gasteiger partial charge < -0.3 is 19.1 Å². The summed E-state index contributed by atoms with van der Waals surface area (Å²) in [5.41, 5.74) is 0.441. The lowest BCUT2D eigenvalue weighted by Crippen LogP contribution is -2.48. The molecule has 1 fully saturated rings. The Morgan fingerprint density at radius 3 is 2.80 bits per heavy atom. The van der Waals surface area contributed by atoms with Gasteiger partial charge in [-0.05, 0) is 6.07 Å². The third-order valence-electron chi connectivity index (χ3n) is 3.01. The van der Waals surface area contributed by atoms with E-state index in [0.29, 0.717) is 24.6 Å². The van der Waals surface area contributed by atoms with Gasteiger partial charge in [-0.2, -0.15) is 0 Å². The van der Waals surface area contributed by atoms with Crippen LogP contribution >= 0.6 is 0 Å². The third-order valence-corrected chi connectivity index (χ3v) is 3.01. The minimum absolute atomic E-state index is 0.178. The number of aromatic nitrogens is 1. The summed E-state index contributed by atoms with van der Waals surface area (Å²) in [6.07, 6.45) is 0.716. The molecule has 7 nitrogen and oxygen atoms in total. The Hall–Kier alpha value is -2.15. The highest BCUT2D eigenvalue weighted by molar-refractivity contribution is 5.94. The van der Waals surface area contributed by atoms with Crippen LogP contribution in [0.25, 0.3) is 0 Å². The molecule has 20 heavy (non-hydrogen) atoms. The zero-order chi connectivity index (χ0) is 14.5. The second-order valence-electron chi connectivity index (χ2n) is 4.22. The van der Waals surface area contributed by atoms with Gasteiger partial charge in [0.05, 0.1) is 32.9 Å². The number of pyridine rings is 1. The van der Waals surface area contributed by atoms with Gasteiger partial charge in [0.25, 0.3) is 5.91 Å². The van der Waals surface area contributed by atoms with Crippen molar-refractivity contribution in [1.82, 2.24) is 9.88 Å². The van der Waals surface area contributed by atoms with Crippen molar-refractivity contribution in [2.45, 2.75) is 6.10 Å². The topological polar surface area (TPSA) is 78.0 Å². The molecule has 1 aromatic heterocycles. The van der Waals surface area contributed by atoms with Crippen molar-refractivity contribution < 1.29 is 23.8 Å². The number of carbonyl (C=O) groups is 2. The SMILES string of the molecule is COC(=O)C1CN(C(=O)c2ccc(OC)nc2)CCO1. The Balaban J connectivity index is 2.05. The summed E-state index contributed by atoms with van der Waals surface area (Å²) >= 11 is 0. The molecule has 1 unspecified atom stereocenters. The molecular formula is C13H16N2O5. The summed E-state index contributed by atoms with van der Waals surface area (Å²) in [5, 5.41) is 0. The van der Waals surface area contributed by atoms with Crippen LogP contribution in [0.5, 0.6) is 5.88 Å². The van der Waals surface area contributed by atoms with Gasteiger partial charge in [0, 0.05) is 18.8 Å². The number of methoxy groups -OCH3 is 2. The van der Waals surface area contributed by atoms with Crippen LogP contribution in [0.15, 0.2) is 18.3 Å². The van der Waals surface area contributed by atoms with Gasteiger partial charge in [-0.15, -0.1) is 0 Å². The van der Waals surface area contributed by atoms with Gasteiger partial charge in [-0.3, -0.25) is 4.79 Å². The lowest BCUT2D eigenvalue weighted by molar-refractivity contribution is -0.158. The van der Waals surface area contributed by atoms with E-state index in [4.69, 9.17) is 9.47 Å². The van der Waals surface area contributed by atoms with Crippen molar-refractivity contribution in [3.8, 4) is 5.88 Å².